The van der Waals surface area contributed by atoms with Crippen molar-refractivity contribution in [1.29, 1.82) is 0 Å². The highest BCUT2D eigenvalue weighted by atomic mass is 16.6. The first kappa shape index (κ1) is 33.0. The summed E-state index contributed by atoms with van der Waals surface area (Å²) in [6, 6.07) is 26.3. The van der Waals surface area contributed by atoms with E-state index >= 15 is 0 Å². The Morgan fingerprint density at radius 3 is 2.33 bits per heavy atom. The molecule has 0 spiro atoms. The van der Waals surface area contributed by atoms with E-state index in [4.69, 9.17) is 13.9 Å². The number of rotatable bonds is 10. The molecule has 49 heavy (non-hydrogen) atoms. The molecule has 3 heterocycles. The molecule has 2 aliphatic heterocycles. The summed E-state index contributed by atoms with van der Waals surface area (Å²) in [6.07, 6.45) is 0.0335. The minimum absolute atomic E-state index is 0.0273. The summed E-state index contributed by atoms with van der Waals surface area (Å²) in [4.78, 5) is 56.1. The fourth-order valence-electron chi connectivity index (χ4n) is 6.22. The van der Waals surface area contributed by atoms with Gasteiger partial charge in [-0.2, -0.15) is 0 Å². The van der Waals surface area contributed by atoms with Gasteiger partial charge in [0.2, 0.25) is 5.91 Å². The number of amides is 2. The normalized spacial score (nSPS) is 16.5. The third-order valence-corrected chi connectivity index (χ3v) is 8.74. The lowest BCUT2D eigenvalue weighted by Gasteiger charge is -2.35. The van der Waals surface area contributed by atoms with Gasteiger partial charge in [0.05, 0.1) is 23.6 Å². The number of non-ortho nitro benzene ring substituents is 1. The summed E-state index contributed by atoms with van der Waals surface area (Å²) < 4.78 is 17.4. The van der Waals surface area contributed by atoms with Crippen LogP contribution >= 0.6 is 0 Å². The van der Waals surface area contributed by atoms with Gasteiger partial charge in [-0.15, -0.1) is 0 Å². The average Bonchev–Trinajstić information content (AvgIpc) is 3.59. The van der Waals surface area contributed by atoms with Crippen LogP contribution in [-0.2, 0) is 20.9 Å². The van der Waals surface area contributed by atoms with Gasteiger partial charge < -0.3 is 28.6 Å². The maximum Gasteiger partial charge on any atom is 0.336 e. The largest absolute Gasteiger partial charge is 0.463 e. The first-order valence-electron chi connectivity index (χ1n) is 16.1. The molecule has 1 aromatic heterocycles. The van der Waals surface area contributed by atoms with Crippen LogP contribution in [0.4, 0.5) is 11.4 Å². The average molecular weight is 665 g/mol. The van der Waals surface area contributed by atoms with Gasteiger partial charge in [0.1, 0.15) is 17.3 Å². The van der Waals surface area contributed by atoms with Gasteiger partial charge >= 0.3 is 5.97 Å². The van der Waals surface area contributed by atoms with Crippen LogP contribution in [0.5, 0.6) is 11.5 Å². The highest BCUT2D eigenvalue weighted by Gasteiger charge is 2.37. The second kappa shape index (κ2) is 14.5. The molecule has 6 rings (SSSR count). The maximum absolute atomic E-state index is 13.6. The highest BCUT2D eigenvalue weighted by molar-refractivity contribution is 5.96. The number of carbonyl (C=O) groups excluding carboxylic acids is 3. The third kappa shape index (κ3) is 7.33. The number of nitro groups is 1. The molecule has 0 N–H and O–H groups in total. The van der Waals surface area contributed by atoms with Crippen LogP contribution in [0.1, 0.15) is 48.1 Å². The molecule has 1 saturated heterocycles. The van der Waals surface area contributed by atoms with Crippen LogP contribution in [0.2, 0.25) is 0 Å². The number of hydrogen-bond acceptors (Lipinski definition) is 9. The summed E-state index contributed by atoms with van der Waals surface area (Å²) in [5, 5.41) is 11.0. The molecule has 12 heteroatoms. The number of ether oxygens (including phenoxy) is 2. The zero-order chi connectivity index (χ0) is 34.5. The van der Waals surface area contributed by atoms with E-state index in [0.29, 0.717) is 54.7 Å². The van der Waals surface area contributed by atoms with Crippen LogP contribution in [0.25, 0.3) is 0 Å². The fourth-order valence-corrected chi connectivity index (χ4v) is 6.22. The Morgan fingerprint density at radius 2 is 1.63 bits per heavy atom. The molecule has 2 amide bonds. The Hall–Kier alpha value is -5.91. The van der Waals surface area contributed by atoms with Crippen molar-refractivity contribution in [3.63, 3.8) is 0 Å². The van der Waals surface area contributed by atoms with Crippen LogP contribution in [0.3, 0.4) is 0 Å². The van der Waals surface area contributed by atoms with E-state index in [1.807, 2.05) is 54.6 Å². The number of allylic oxidation sites excluding steroid dienone is 1. The lowest BCUT2D eigenvalue weighted by atomic mass is 9.83. The summed E-state index contributed by atoms with van der Waals surface area (Å²) in [6.45, 7) is 5.68. The van der Waals surface area contributed by atoms with Crippen molar-refractivity contribution < 1.29 is 33.2 Å². The van der Waals surface area contributed by atoms with E-state index in [2.05, 4.69) is 4.90 Å². The molecule has 2 aliphatic rings. The topological polar surface area (TPSA) is 136 Å². The minimum Gasteiger partial charge on any atom is -0.463 e. The molecular weight excluding hydrogens is 628 g/mol. The molecule has 252 valence electrons. The monoisotopic (exact) mass is 664 g/mol. The first-order valence-corrected chi connectivity index (χ1v) is 16.1. The number of hydrogen-bond donors (Lipinski definition) is 0. The highest BCUT2D eigenvalue weighted by Crippen LogP contribution is 2.39. The minimum atomic E-state index is -0.541. The van der Waals surface area contributed by atoms with E-state index in [1.54, 1.807) is 43.0 Å². The standard InChI is InChI=1S/C37H36N4O8/c1-3-47-37(44)35-25(2)40(34(42)23-32(35)26-8-7-11-30(22-26)48-29-9-5-4-6-10-29)24-31-16-17-33(49-31)36(43)39-20-18-38(19-21-39)27-12-14-28(15-13-27)41(45)46/h4-17,22,32H,3,18-21,23-24H2,1-2H3. The molecule has 3 aromatic carbocycles. The van der Waals surface area contributed by atoms with Crippen molar-refractivity contribution in [2.45, 2.75) is 32.7 Å². The second-order valence-corrected chi connectivity index (χ2v) is 11.8. The number of anilines is 1. The van der Waals surface area contributed by atoms with Gasteiger partial charge in [-0.1, -0.05) is 30.3 Å². The molecule has 12 nitrogen and oxygen atoms in total. The molecular formula is C37H36N4O8. The summed E-state index contributed by atoms with van der Waals surface area (Å²) in [7, 11) is 0. The number of benzene rings is 3. The predicted molar refractivity (Wildman–Crippen MR) is 180 cm³/mol. The van der Waals surface area contributed by atoms with Crippen LogP contribution in [0.15, 0.2) is 107 Å². The zero-order valence-corrected chi connectivity index (χ0v) is 27.2. The van der Waals surface area contributed by atoms with Crippen LogP contribution in [-0.4, -0.2) is 65.3 Å². The zero-order valence-electron chi connectivity index (χ0n) is 27.2. The van der Waals surface area contributed by atoms with Crippen molar-refractivity contribution in [1.82, 2.24) is 9.80 Å². The number of esters is 1. The number of para-hydroxylation sites is 1. The number of carbonyl (C=O) groups is 3. The predicted octanol–water partition coefficient (Wildman–Crippen LogP) is 6.30. The van der Waals surface area contributed by atoms with Gasteiger partial charge in [-0.05, 0) is 67.9 Å². The van der Waals surface area contributed by atoms with Crippen molar-refractivity contribution in [2.24, 2.45) is 0 Å². The van der Waals surface area contributed by atoms with Crippen molar-refractivity contribution >= 4 is 29.2 Å². The molecule has 4 aromatic rings. The summed E-state index contributed by atoms with van der Waals surface area (Å²) in [5.41, 5.74) is 2.47. The molecule has 1 unspecified atom stereocenters. The van der Waals surface area contributed by atoms with Gasteiger partial charge in [0, 0.05) is 62.0 Å². The Balaban J connectivity index is 1.15. The Labute approximate surface area is 283 Å². The fraction of sp³-hybridized carbons (Fsp3) is 0.270. The first-order chi connectivity index (χ1) is 23.7. The SMILES string of the molecule is CCOC(=O)C1=C(C)N(Cc2ccc(C(=O)N3CCN(c4ccc([N+](=O)[O-])cc4)CC3)o2)C(=O)CC1c1cccc(Oc2ccccc2)c1. The smallest absolute Gasteiger partial charge is 0.336 e. The molecule has 0 radical (unpaired) electrons. The Kier molecular flexibility index (Phi) is 9.74. The number of nitrogens with zero attached hydrogens (tertiary/aromatic N) is 4. The van der Waals surface area contributed by atoms with Crippen molar-refractivity contribution in [3.05, 3.63) is 129 Å². The van der Waals surface area contributed by atoms with Gasteiger partial charge in [0.25, 0.3) is 11.6 Å². The van der Waals surface area contributed by atoms with E-state index < -0.39 is 16.8 Å². The van der Waals surface area contributed by atoms with Crippen LogP contribution in [0, 0.1) is 10.1 Å². The lowest BCUT2D eigenvalue weighted by molar-refractivity contribution is -0.384. The molecule has 1 fully saturated rings. The quantitative estimate of drug-likeness (QED) is 0.109. The second-order valence-electron chi connectivity index (χ2n) is 11.8. The Morgan fingerprint density at radius 1 is 0.918 bits per heavy atom. The maximum atomic E-state index is 13.6. The van der Waals surface area contributed by atoms with Crippen LogP contribution < -0.4 is 9.64 Å². The summed E-state index contributed by atoms with van der Waals surface area (Å²) in [5.74, 6) is 0.307. The van der Waals surface area contributed by atoms with Crippen molar-refractivity contribution in [2.75, 3.05) is 37.7 Å². The van der Waals surface area contributed by atoms with E-state index in [9.17, 15) is 24.5 Å². The summed E-state index contributed by atoms with van der Waals surface area (Å²) >= 11 is 0. The van der Waals surface area contributed by atoms with E-state index in [-0.39, 0.29) is 42.8 Å². The Bertz CT molecular complexity index is 1880. The molecule has 0 saturated carbocycles. The number of nitro benzene ring substituents is 1. The third-order valence-electron chi connectivity index (χ3n) is 8.74. The van der Waals surface area contributed by atoms with E-state index in [1.165, 1.54) is 17.0 Å². The van der Waals surface area contributed by atoms with Gasteiger partial charge in [-0.25, -0.2) is 4.79 Å². The molecule has 0 bridgehead atoms. The molecule has 1 atom stereocenters. The van der Waals surface area contributed by atoms with Gasteiger partial charge in [0.15, 0.2) is 5.76 Å². The number of furan rings is 1. The lowest BCUT2D eigenvalue weighted by Crippen LogP contribution is -2.48. The van der Waals surface area contributed by atoms with Crippen molar-refractivity contribution in [3.8, 4) is 11.5 Å². The molecule has 0 aliphatic carbocycles. The van der Waals surface area contributed by atoms with E-state index in [0.717, 1.165) is 11.3 Å². The van der Waals surface area contributed by atoms with Gasteiger partial charge in [-0.3, -0.25) is 19.7 Å². The number of piperazine rings is 1.